The van der Waals surface area contributed by atoms with Crippen molar-refractivity contribution < 1.29 is 18.7 Å². The number of non-ortho nitro benzene ring substituents is 1. The summed E-state index contributed by atoms with van der Waals surface area (Å²) in [5, 5.41) is 10.4. The van der Waals surface area contributed by atoms with Gasteiger partial charge in [0.2, 0.25) is 0 Å². The summed E-state index contributed by atoms with van der Waals surface area (Å²) in [6, 6.07) is 3.53. The number of nitro groups is 1. The van der Waals surface area contributed by atoms with Crippen LogP contribution in [0.15, 0.2) is 23.1 Å². The van der Waals surface area contributed by atoms with Gasteiger partial charge < -0.3 is 4.74 Å². The smallest absolute Gasteiger partial charge is 0.318 e. The maximum absolute atomic E-state index is 11.7. The molecule has 0 aromatic heterocycles. The minimum absolute atomic E-state index is 0.0126. The first-order chi connectivity index (χ1) is 7.95. The largest absolute Gasteiger partial charge is 0.468 e. The van der Waals surface area contributed by atoms with E-state index in [1.807, 2.05) is 0 Å². The lowest BCUT2D eigenvalue weighted by Gasteiger charge is -2.03. The Morgan fingerprint density at radius 1 is 1.59 bits per heavy atom. The molecule has 0 bridgehead atoms. The molecule has 1 atom stereocenters. The van der Waals surface area contributed by atoms with Crippen LogP contribution in [0.25, 0.3) is 0 Å². The molecule has 6 nitrogen and oxygen atoms in total. The van der Waals surface area contributed by atoms with Crippen LogP contribution in [-0.4, -0.2) is 28.0 Å². The van der Waals surface area contributed by atoms with E-state index in [0.29, 0.717) is 0 Å². The van der Waals surface area contributed by atoms with E-state index < -0.39 is 21.7 Å². The van der Waals surface area contributed by atoms with Crippen molar-refractivity contribution in [3.8, 4) is 0 Å². The highest BCUT2D eigenvalue weighted by Crippen LogP contribution is 2.25. The van der Waals surface area contributed by atoms with Crippen LogP contribution in [0.1, 0.15) is 0 Å². The first-order valence-electron chi connectivity index (χ1n) is 4.35. The summed E-state index contributed by atoms with van der Waals surface area (Å²) in [5.74, 6) is -0.980. The molecule has 0 aliphatic heterocycles. The Bertz CT molecular complexity index is 490. The number of hydrogen-bond acceptors (Lipinski definition) is 5. The van der Waals surface area contributed by atoms with Crippen LogP contribution >= 0.6 is 11.6 Å². The molecule has 1 rings (SSSR count). The van der Waals surface area contributed by atoms with Crippen molar-refractivity contribution >= 4 is 34.1 Å². The molecular weight excluding hydrogens is 270 g/mol. The topological polar surface area (TPSA) is 86.5 Å². The third-order valence-electron chi connectivity index (χ3n) is 1.85. The molecule has 0 saturated carbocycles. The van der Waals surface area contributed by atoms with Gasteiger partial charge in [-0.1, -0.05) is 11.6 Å². The van der Waals surface area contributed by atoms with E-state index in [0.717, 1.165) is 6.07 Å². The summed E-state index contributed by atoms with van der Waals surface area (Å²) >= 11 is 5.75. The number of benzene rings is 1. The van der Waals surface area contributed by atoms with E-state index in [4.69, 9.17) is 11.6 Å². The molecule has 1 unspecified atom stereocenters. The lowest BCUT2D eigenvalue weighted by atomic mass is 10.3. The van der Waals surface area contributed by atoms with Gasteiger partial charge in [0.25, 0.3) is 5.69 Å². The van der Waals surface area contributed by atoms with Gasteiger partial charge in [-0.25, -0.2) is 0 Å². The predicted molar refractivity (Wildman–Crippen MR) is 61.4 cm³/mol. The van der Waals surface area contributed by atoms with Gasteiger partial charge in [-0.05, 0) is 6.07 Å². The van der Waals surface area contributed by atoms with Gasteiger partial charge in [0, 0.05) is 12.1 Å². The van der Waals surface area contributed by atoms with Crippen molar-refractivity contribution in [1.82, 2.24) is 0 Å². The number of carbonyl (C=O) groups excluding carboxylic acids is 1. The summed E-state index contributed by atoms with van der Waals surface area (Å²) in [4.78, 5) is 20.9. The van der Waals surface area contributed by atoms with Crippen LogP contribution in [0.4, 0.5) is 5.69 Å². The molecule has 92 valence electrons. The third-order valence-corrected chi connectivity index (χ3v) is 3.62. The van der Waals surface area contributed by atoms with E-state index in [9.17, 15) is 19.1 Å². The molecule has 1 aromatic rings. The monoisotopic (exact) mass is 277 g/mol. The molecule has 0 fully saturated rings. The Labute approximate surface area is 104 Å². The van der Waals surface area contributed by atoms with Gasteiger partial charge in [0.05, 0.1) is 32.8 Å². The van der Waals surface area contributed by atoms with Crippen LogP contribution in [0.3, 0.4) is 0 Å². The number of nitrogens with zero attached hydrogens (tertiary/aromatic N) is 1. The number of esters is 1. The minimum atomic E-state index is -1.68. The fourth-order valence-electron chi connectivity index (χ4n) is 1.03. The molecule has 8 heteroatoms. The Morgan fingerprint density at radius 2 is 2.24 bits per heavy atom. The maximum atomic E-state index is 11.7. The number of hydrogen-bond donors (Lipinski definition) is 0. The molecule has 0 aliphatic rings. The van der Waals surface area contributed by atoms with Crippen LogP contribution in [0, 0.1) is 10.1 Å². The lowest BCUT2D eigenvalue weighted by molar-refractivity contribution is -0.384. The molecule has 0 amide bonds. The third kappa shape index (κ3) is 3.50. The zero-order valence-electron chi connectivity index (χ0n) is 8.71. The Hall–Kier alpha value is -1.47. The zero-order valence-corrected chi connectivity index (χ0v) is 10.3. The van der Waals surface area contributed by atoms with E-state index in [1.165, 1.54) is 19.2 Å². The van der Waals surface area contributed by atoms with E-state index in [1.54, 1.807) is 0 Å². The predicted octanol–water partition coefficient (Wildman–Crippen LogP) is 1.53. The van der Waals surface area contributed by atoms with Crippen LogP contribution in [0.5, 0.6) is 0 Å². The summed E-state index contributed by atoms with van der Waals surface area (Å²) in [6.07, 6.45) is 0. The highest BCUT2D eigenvalue weighted by Gasteiger charge is 2.16. The maximum Gasteiger partial charge on any atom is 0.318 e. The zero-order chi connectivity index (χ0) is 13.0. The van der Waals surface area contributed by atoms with Crippen molar-refractivity contribution in [1.29, 1.82) is 0 Å². The number of methoxy groups -OCH3 is 1. The summed E-state index contributed by atoms with van der Waals surface area (Å²) in [6.45, 7) is 0. The first kappa shape index (κ1) is 13.6. The lowest BCUT2D eigenvalue weighted by Crippen LogP contribution is -2.12. The molecule has 0 spiro atoms. The summed E-state index contributed by atoms with van der Waals surface area (Å²) in [7, 11) is -0.498. The normalized spacial score (nSPS) is 11.9. The van der Waals surface area contributed by atoms with Crippen molar-refractivity contribution in [2.45, 2.75) is 4.90 Å². The van der Waals surface area contributed by atoms with Crippen molar-refractivity contribution in [3.05, 3.63) is 33.3 Å². The number of nitro benzene ring substituents is 1. The number of carbonyl (C=O) groups is 1. The molecule has 1 aromatic carbocycles. The van der Waals surface area contributed by atoms with Gasteiger partial charge in [0.15, 0.2) is 0 Å². The molecule has 0 saturated heterocycles. The average molecular weight is 278 g/mol. The van der Waals surface area contributed by atoms with Gasteiger partial charge in [-0.15, -0.1) is 0 Å². The minimum Gasteiger partial charge on any atom is -0.468 e. The highest BCUT2D eigenvalue weighted by molar-refractivity contribution is 7.85. The van der Waals surface area contributed by atoms with E-state index >= 15 is 0 Å². The Balaban J connectivity index is 2.96. The second kappa shape index (κ2) is 5.74. The SMILES string of the molecule is COC(=O)CS(=O)c1ccc([N+](=O)[O-])cc1Cl. The summed E-state index contributed by atoms with van der Waals surface area (Å²) < 4.78 is 16.0. The molecule has 0 heterocycles. The fourth-order valence-corrected chi connectivity index (χ4v) is 2.45. The van der Waals surface area contributed by atoms with Crippen molar-refractivity contribution in [3.63, 3.8) is 0 Å². The second-order valence-corrected chi connectivity index (χ2v) is 4.76. The number of halogens is 1. The molecule has 17 heavy (non-hydrogen) atoms. The highest BCUT2D eigenvalue weighted by atomic mass is 35.5. The van der Waals surface area contributed by atoms with Crippen LogP contribution in [-0.2, 0) is 20.3 Å². The summed E-state index contributed by atoms with van der Waals surface area (Å²) in [5.41, 5.74) is -0.200. The molecule has 0 radical (unpaired) electrons. The van der Waals surface area contributed by atoms with Gasteiger partial charge in [-0.3, -0.25) is 19.1 Å². The van der Waals surface area contributed by atoms with E-state index in [2.05, 4.69) is 4.74 Å². The fraction of sp³-hybridized carbons (Fsp3) is 0.222. The van der Waals surface area contributed by atoms with Gasteiger partial charge >= 0.3 is 5.97 Å². The van der Waals surface area contributed by atoms with E-state index in [-0.39, 0.29) is 21.4 Å². The Morgan fingerprint density at radius 3 is 2.71 bits per heavy atom. The van der Waals surface area contributed by atoms with Crippen molar-refractivity contribution in [2.24, 2.45) is 0 Å². The molecule has 0 aliphatic carbocycles. The average Bonchev–Trinajstić information content (AvgIpc) is 2.28. The second-order valence-electron chi connectivity index (χ2n) is 2.94. The number of ether oxygens (including phenoxy) is 1. The standard InChI is InChI=1S/C9H8ClNO5S/c1-16-9(12)5-17(15)8-3-2-6(11(13)14)4-7(8)10/h2-4H,5H2,1H3. The van der Waals surface area contributed by atoms with Crippen LogP contribution < -0.4 is 0 Å². The van der Waals surface area contributed by atoms with Crippen molar-refractivity contribution in [2.75, 3.05) is 12.9 Å². The van der Waals surface area contributed by atoms with Gasteiger partial charge in [-0.2, -0.15) is 0 Å². The van der Waals surface area contributed by atoms with Crippen LogP contribution in [0.2, 0.25) is 5.02 Å². The quantitative estimate of drug-likeness (QED) is 0.473. The molecule has 0 N–H and O–H groups in total. The van der Waals surface area contributed by atoms with Gasteiger partial charge in [0.1, 0.15) is 5.75 Å². The first-order valence-corrected chi connectivity index (χ1v) is 6.04. The molecular formula is C9H8ClNO5S. The Kier molecular flexibility index (Phi) is 4.59. The number of rotatable bonds is 4.